The van der Waals surface area contributed by atoms with Crippen LogP contribution < -0.4 is 0 Å². The fourth-order valence-corrected chi connectivity index (χ4v) is 2.79. The van der Waals surface area contributed by atoms with E-state index in [9.17, 15) is 9.90 Å². The second kappa shape index (κ2) is 9.13. The number of rotatable bonds is 8. The molecular weight excluding hydrogens is 342 g/mol. The van der Waals surface area contributed by atoms with Crippen LogP contribution in [0.1, 0.15) is 70.3 Å². The van der Waals surface area contributed by atoms with Gasteiger partial charge in [-0.15, -0.1) is 0 Å². The van der Waals surface area contributed by atoms with Crippen LogP contribution >= 0.6 is 0 Å². The minimum atomic E-state index is -0.714. The molecule has 1 aromatic heterocycles. The zero-order valence-corrected chi connectivity index (χ0v) is 17.0. The van der Waals surface area contributed by atoms with Gasteiger partial charge in [0.1, 0.15) is 0 Å². The largest absolute Gasteiger partial charge is 0.387 e. The zero-order valence-electron chi connectivity index (χ0n) is 17.0. The van der Waals surface area contributed by atoms with Crippen LogP contribution in [0, 0.1) is 5.41 Å². The summed E-state index contributed by atoms with van der Waals surface area (Å²) in [6, 6.07) is 9.42. The highest BCUT2D eigenvalue weighted by atomic mass is 16.5. The maximum Gasteiger partial charge on any atom is 0.227 e. The summed E-state index contributed by atoms with van der Waals surface area (Å²) in [5.74, 6) is 1.30. The summed E-state index contributed by atoms with van der Waals surface area (Å²) in [7, 11) is 0. The number of aliphatic hydroxyl groups excluding tert-OH is 1. The third kappa shape index (κ3) is 6.79. The standard InChI is InChI=1S/C21H31N3O3/c1-15(2)20-22-18(27-23-20)11-12-19(26)24(14-21(3,4)5)13-17(25)16-9-7-6-8-10-16/h6-10,15,17,25H,11-14H2,1-5H3/t17-/m0/s1. The van der Waals surface area contributed by atoms with Gasteiger partial charge in [-0.1, -0.05) is 70.1 Å². The van der Waals surface area contributed by atoms with Gasteiger partial charge in [-0.25, -0.2) is 0 Å². The number of benzene rings is 1. The van der Waals surface area contributed by atoms with E-state index in [1.54, 1.807) is 4.90 Å². The van der Waals surface area contributed by atoms with Crippen LogP contribution in [-0.2, 0) is 11.2 Å². The van der Waals surface area contributed by atoms with Crippen LogP contribution in [0.25, 0.3) is 0 Å². The number of aryl methyl sites for hydroxylation is 1. The van der Waals surface area contributed by atoms with Gasteiger partial charge in [0.15, 0.2) is 5.82 Å². The van der Waals surface area contributed by atoms with Gasteiger partial charge in [0.25, 0.3) is 0 Å². The topological polar surface area (TPSA) is 79.5 Å². The van der Waals surface area contributed by atoms with Crippen LogP contribution in [-0.4, -0.2) is 39.1 Å². The molecule has 0 aliphatic carbocycles. The average Bonchev–Trinajstić information content (AvgIpc) is 3.08. The molecule has 1 amide bonds. The van der Waals surface area contributed by atoms with Gasteiger partial charge in [-0.3, -0.25) is 4.79 Å². The molecule has 1 aromatic carbocycles. The van der Waals surface area contributed by atoms with E-state index in [0.29, 0.717) is 24.7 Å². The molecule has 1 heterocycles. The smallest absolute Gasteiger partial charge is 0.227 e. The molecule has 0 fully saturated rings. The van der Waals surface area contributed by atoms with E-state index in [0.717, 1.165) is 5.56 Å². The lowest BCUT2D eigenvalue weighted by atomic mass is 9.95. The average molecular weight is 373 g/mol. The van der Waals surface area contributed by atoms with Gasteiger partial charge < -0.3 is 14.5 Å². The highest BCUT2D eigenvalue weighted by molar-refractivity contribution is 5.76. The molecule has 1 atom stereocenters. The molecule has 0 saturated heterocycles. The van der Waals surface area contributed by atoms with Crippen LogP contribution in [0.15, 0.2) is 34.9 Å². The zero-order chi connectivity index (χ0) is 20.0. The maximum atomic E-state index is 12.8. The summed E-state index contributed by atoms with van der Waals surface area (Å²) in [6.07, 6.45) is -0.0359. The molecule has 0 saturated carbocycles. The number of hydrogen-bond donors (Lipinski definition) is 1. The van der Waals surface area contributed by atoms with Crippen molar-refractivity contribution in [1.29, 1.82) is 0 Å². The lowest BCUT2D eigenvalue weighted by molar-refractivity contribution is -0.134. The van der Waals surface area contributed by atoms with Crippen molar-refractivity contribution >= 4 is 5.91 Å². The summed E-state index contributed by atoms with van der Waals surface area (Å²) < 4.78 is 5.23. The first kappa shape index (κ1) is 21.1. The van der Waals surface area contributed by atoms with Gasteiger partial charge in [0, 0.05) is 25.3 Å². The summed E-state index contributed by atoms with van der Waals surface area (Å²) in [5.41, 5.74) is 0.740. The molecule has 6 nitrogen and oxygen atoms in total. The first-order valence-corrected chi connectivity index (χ1v) is 9.49. The van der Waals surface area contributed by atoms with Gasteiger partial charge in [0.2, 0.25) is 11.8 Å². The molecule has 0 aliphatic heterocycles. The molecule has 148 valence electrons. The molecule has 6 heteroatoms. The van der Waals surface area contributed by atoms with E-state index in [-0.39, 0.29) is 30.2 Å². The molecule has 1 N–H and O–H groups in total. The molecule has 0 spiro atoms. The number of amides is 1. The van der Waals surface area contributed by atoms with Crippen LogP contribution in [0.5, 0.6) is 0 Å². The van der Waals surface area contributed by atoms with Crippen molar-refractivity contribution in [1.82, 2.24) is 15.0 Å². The van der Waals surface area contributed by atoms with E-state index in [1.807, 2.05) is 44.2 Å². The Balaban J connectivity index is 2.02. The van der Waals surface area contributed by atoms with E-state index in [2.05, 4.69) is 30.9 Å². The molecule has 0 bridgehead atoms. The summed E-state index contributed by atoms with van der Waals surface area (Å²) in [5, 5.41) is 14.5. The second-order valence-corrected chi connectivity index (χ2v) is 8.46. The molecular formula is C21H31N3O3. The van der Waals surface area contributed by atoms with Gasteiger partial charge in [-0.2, -0.15) is 4.98 Å². The Morgan fingerprint density at radius 1 is 1.22 bits per heavy atom. The van der Waals surface area contributed by atoms with Crippen molar-refractivity contribution < 1.29 is 14.4 Å². The summed E-state index contributed by atoms with van der Waals surface area (Å²) in [4.78, 5) is 18.9. The summed E-state index contributed by atoms with van der Waals surface area (Å²) >= 11 is 0. The molecule has 2 rings (SSSR count). The molecule has 0 unspecified atom stereocenters. The number of nitrogens with zero attached hydrogens (tertiary/aromatic N) is 3. The molecule has 0 aliphatic rings. The summed E-state index contributed by atoms with van der Waals surface area (Å²) in [6.45, 7) is 11.1. The molecule has 0 radical (unpaired) electrons. The first-order valence-electron chi connectivity index (χ1n) is 9.49. The minimum absolute atomic E-state index is 0.0239. The number of carbonyl (C=O) groups is 1. The fourth-order valence-electron chi connectivity index (χ4n) is 2.79. The highest BCUT2D eigenvalue weighted by Crippen LogP contribution is 2.21. The third-order valence-electron chi connectivity index (χ3n) is 4.15. The van der Waals surface area contributed by atoms with Crippen LogP contribution in [0.2, 0.25) is 0 Å². The lowest BCUT2D eigenvalue weighted by Crippen LogP contribution is -2.40. The van der Waals surface area contributed by atoms with Crippen molar-refractivity contribution in [3.05, 3.63) is 47.6 Å². The Hall–Kier alpha value is -2.21. The Kier molecular flexibility index (Phi) is 7.13. The highest BCUT2D eigenvalue weighted by Gasteiger charge is 2.24. The Morgan fingerprint density at radius 2 is 1.89 bits per heavy atom. The maximum absolute atomic E-state index is 12.8. The van der Waals surface area contributed by atoms with Crippen molar-refractivity contribution in [2.24, 2.45) is 5.41 Å². The van der Waals surface area contributed by atoms with Crippen molar-refractivity contribution in [3.63, 3.8) is 0 Å². The van der Waals surface area contributed by atoms with Crippen molar-refractivity contribution in [3.8, 4) is 0 Å². The van der Waals surface area contributed by atoms with E-state index < -0.39 is 6.10 Å². The van der Waals surface area contributed by atoms with Gasteiger partial charge in [-0.05, 0) is 11.0 Å². The SMILES string of the molecule is CC(C)c1noc(CCC(=O)N(C[C@H](O)c2ccccc2)CC(C)(C)C)n1. The van der Waals surface area contributed by atoms with Crippen LogP contribution in [0.3, 0.4) is 0 Å². The third-order valence-corrected chi connectivity index (χ3v) is 4.15. The monoisotopic (exact) mass is 373 g/mol. The van der Waals surface area contributed by atoms with Crippen LogP contribution in [0.4, 0.5) is 0 Å². The normalized spacial score (nSPS) is 13.0. The number of aliphatic hydroxyl groups is 1. The van der Waals surface area contributed by atoms with Crippen molar-refractivity contribution in [2.45, 2.75) is 59.5 Å². The van der Waals surface area contributed by atoms with Gasteiger partial charge in [0.05, 0.1) is 12.6 Å². The predicted octanol–water partition coefficient (Wildman–Crippen LogP) is 3.73. The number of carbonyl (C=O) groups excluding carboxylic acids is 1. The van der Waals surface area contributed by atoms with E-state index in [4.69, 9.17) is 4.52 Å². The second-order valence-electron chi connectivity index (χ2n) is 8.46. The quantitative estimate of drug-likeness (QED) is 0.762. The molecule has 2 aromatic rings. The van der Waals surface area contributed by atoms with E-state index in [1.165, 1.54) is 0 Å². The Bertz CT molecular complexity index is 720. The Labute approximate surface area is 161 Å². The lowest BCUT2D eigenvalue weighted by Gasteiger charge is -2.31. The number of aromatic nitrogens is 2. The fraction of sp³-hybridized carbons (Fsp3) is 0.571. The van der Waals surface area contributed by atoms with Gasteiger partial charge >= 0.3 is 0 Å². The minimum Gasteiger partial charge on any atom is -0.387 e. The molecule has 27 heavy (non-hydrogen) atoms. The van der Waals surface area contributed by atoms with Crippen molar-refractivity contribution in [2.75, 3.05) is 13.1 Å². The first-order chi connectivity index (χ1) is 12.7. The Morgan fingerprint density at radius 3 is 2.44 bits per heavy atom. The van der Waals surface area contributed by atoms with E-state index >= 15 is 0 Å². The number of hydrogen-bond acceptors (Lipinski definition) is 5. The predicted molar refractivity (Wildman–Crippen MR) is 104 cm³/mol.